The van der Waals surface area contributed by atoms with Crippen LogP contribution in [0, 0.1) is 12.3 Å². The lowest BCUT2D eigenvalue weighted by molar-refractivity contribution is 0.0412. The van der Waals surface area contributed by atoms with Crippen molar-refractivity contribution in [2.45, 2.75) is 26.5 Å². The van der Waals surface area contributed by atoms with Gasteiger partial charge in [0, 0.05) is 23.6 Å². The van der Waals surface area contributed by atoms with Crippen molar-refractivity contribution >= 4 is 0 Å². The maximum absolute atomic E-state index is 11.6. The molecule has 1 aromatic heterocycles. The number of aryl methyl sites for hydroxylation is 1. The number of aliphatic hydroxyl groups excluding tert-OH is 1. The van der Waals surface area contributed by atoms with Crippen molar-refractivity contribution in [3.63, 3.8) is 0 Å². The zero-order chi connectivity index (χ0) is 12.6. The molecule has 0 amide bonds. The lowest BCUT2D eigenvalue weighted by Crippen LogP contribution is -2.33. The Hall–Kier alpha value is -1.40. The topological polar surface area (TPSA) is 84.3 Å². The number of aromatic amines is 1. The summed E-state index contributed by atoms with van der Waals surface area (Å²) in [6.45, 7) is 3.95. The third-order valence-corrected chi connectivity index (χ3v) is 3.13. The standard InChI is InChI=1S/C11H16N2O4/c1-7-4-13(10(16)12-9(7)15)8-3-11(2,5-14)6-17-8/h4,8,14H,3,5-6H2,1-2H3,(H,12,15,16)/t8-,11+/m0/s1. The molecule has 1 aromatic rings. The monoisotopic (exact) mass is 240 g/mol. The van der Waals surface area contributed by atoms with E-state index in [4.69, 9.17) is 4.74 Å². The van der Waals surface area contributed by atoms with E-state index < -0.39 is 11.9 Å². The van der Waals surface area contributed by atoms with E-state index >= 15 is 0 Å². The number of rotatable bonds is 2. The van der Waals surface area contributed by atoms with Gasteiger partial charge < -0.3 is 9.84 Å². The number of nitrogens with one attached hydrogen (secondary N) is 1. The molecule has 2 rings (SSSR count). The van der Waals surface area contributed by atoms with Gasteiger partial charge in [0.05, 0.1) is 13.2 Å². The fourth-order valence-corrected chi connectivity index (χ4v) is 1.93. The molecule has 0 aromatic carbocycles. The van der Waals surface area contributed by atoms with Crippen LogP contribution < -0.4 is 11.2 Å². The summed E-state index contributed by atoms with van der Waals surface area (Å²) in [5, 5.41) is 9.23. The van der Waals surface area contributed by atoms with Gasteiger partial charge in [-0.3, -0.25) is 14.3 Å². The van der Waals surface area contributed by atoms with Crippen molar-refractivity contribution < 1.29 is 9.84 Å². The molecular weight excluding hydrogens is 224 g/mol. The maximum Gasteiger partial charge on any atom is 0.330 e. The molecular formula is C11H16N2O4. The highest BCUT2D eigenvalue weighted by atomic mass is 16.5. The molecule has 0 aliphatic carbocycles. The van der Waals surface area contributed by atoms with Gasteiger partial charge in [0.15, 0.2) is 0 Å². The van der Waals surface area contributed by atoms with Crippen LogP contribution in [0.2, 0.25) is 0 Å². The van der Waals surface area contributed by atoms with Crippen LogP contribution in [0.25, 0.3) is 0 Å². The van der Waals surface area contributed by atoms with Gasteiger partial charge in [-0.25, -0.2) is 4.79 Å². The third kappa shape index (κ3) is 2.18. The van der Waals surface area contributed by atoms with Crippen LogP contribution in [-0.2, 0) is 4.74 Å². The molecule has 2 atom stereocenters. The molecule has 17 heavy (non-hydrogen) atoms. The number of aliphatic hydroxyl groups is 1. The number of aromatic nitrogens is 2. The van der Waals surface area contributed by atoms with E-state index in [1.807, 2.05) is 6.92 Å². The largest absolute Gasteiger partial charge is 0.396 e. The van der Waals surface area contributed by atoms with Crippen LogP contribution in [0.15, 0.2) is 15.8 Å². The summed E-state index contributed by atoms with van der Waals surface area (Å²) >= 11 is 0. The molecule has 6 heteroatoms. The third-order valence-electron chi connectivity index (χ3n) is 3.13. The van der Waals surface area contributed by atoms with Gasteiger partial charge in [-0.2, -0.15) is 0 Å². The molecule has 2 heterocycles. The number of ether oxygens (including phenoxy) is 1. The Morgan fingerprint density at radius 2 is 2.35 bits per heavy atom. The highest BCUT2D eigenvalue weighted by molar-refractivity contribution is 5.02. The van der Waals surface area contributed by atoms with E-state index in [9.17, 15) is 14.7 Å². The van der Waals surface area contributed by atoms with Crippen molar-refractivity contribution in [3.05, 3.63) is 32.6 Å². The second-order valence-electron chi connectivity index (χ2n) is 4.92. The molecule has 0 radical (unpaired) electrons. The van der Waals surface area contributed by atoms with Crippen molar-refractivity contribution in [2.75, 3.05) is 13.2 Å². The highest BCUT2D eigenvalue weighted by Gasteiger charge is 2.37. The van der Waals surface area contributed by atoms with Crippen LogP contribution in [0.4, 0.5) is 0 Å². The first-order valence-electron chi connectivity index (χ1n) is 5.50. The molecule has 0 bridgehead atoms. The fourth-order valence-electron chi connectivity index (χ4n) is 1.93. The average molecular weight is 240 g/mol. The van der Waals surface area contributed by atoms with Gasteiger partial charge >= 0.3 is 5.69 Å². The summed E-state index contributed by atoms with van der Waals surface area (Å²) in [7, 11) is 0. The molecule has 2 N–H and O–H groups in total. The van der Waals surface area contributed by atoms with Crippen LogP contribution in [-0.4, -0.2) is 27.9 Å². The Labute approximate surface area is 97.9 Å². The van der Waals surface area contributed by atoms with E-state index in [1.54, 1.807) is 6.92 Å². The van der Waals surface area contributed by atoms with E-state index in [0.29, 0.717) is 18.6 Å². The Morgan fingerprint density at radius 3 is 2.94 bits per heavy atom. The summed E-state index contributed by atoms with van der Waals surface area (Å²) in [6, 6.07) is 0. The van der Waals surface area contributed by atoms with Gasteiger partial charge in [-0.1, -0.05) is 6.92 Å². The second kappa shape index (κ2) is 4.12. The zero-order valence-corrected chi connectivity index (χ0v) is 9.90. The van der Waals surface area contributed by atoms with Crippen molar-refractivity contribution in [1.82, 2.24) is 9.55 Å². The van der Waals surface area contributed by atoms with Gasteiger partial charge in [0.2, 0.25) is 0 Å². The predicted octanol–water partition coefficient (Wildman–Crippen LogP) is -0.237. The van der Waals surface area contributed by atoms with Crippen LogP contribution in [0.5, 0.6) is 0 Å². The molecule has 0 spiro atoms. The molecule has 1 fully saturated rings. The zero-order valence-electron chi connectivity index (χ0n) is 9.90. The summed E-state index contributed by atoms with van der Waals surface area (Å²) < 4.78 is 6.87. The first kappa shape index (κ1) is 12.1. The van der Waals surface area contributed by atoms with Gasteiger partial charge in [0.1, 0.15) is 6.23 Å². The van der Waals surface area contributed by atoms with Crippen LogP contribution >= 0.6 is 0 Å². The van der Waals surface area contributed by atoms with E-state index in [2.05, 4.69) is 4.98 Å². The summed E-state index contributed by atoms with van der Waals surface area (Å²) in [5.41, 5.74) is -0.721. The second-order valence-corrected chi connectivity index (χ2v) is 4.92. The number of H-pyrrole nitrogens is 1. The molecule has 0 unspecified atom stereocenters. The fraction of sp³-hybridized carbons (Fsp3) is 0.636. The lowest BCUT2D eigenvalue weighted by Gasteiger charge is -2.18. The Morgan fingerprint density at radius 1 is 1.65 bits per heavy atom. The number of hydrogen-bond donors (Lipinski definition) is 2. The normalized spacial score (nSPS) is 28.5. The average Bonchev–Trinajstić information content (AvgIpc) is 2.67. The predicted molar refractivity (Wildman–Crippen MR) is 60.9 cm³/mol. The maximum atomic E-state index is 11.6. The SMILES string of the molecule is Cc1cn([C@@H]2C[C@](C)(CO)CO2)c(=O)[nH]c1=O. The van der Waals surface area contributed by atoms with Crippen LogP contribution in [0.1, 0.15) is 25.1 Å². The molecule has 1 aliphatic heterocycles. The summed E-state index contributed by atoms with van der Waals surface area (Å²) in [4.78, 5) is 25.1. The quantitative estimate of drug-likeness (QED) is 0.747. The smallest absolute Gasteiger partial charge is 0.330 e. The minimum Gasteiger partial charge on any atom is -0.396 e. The van der Waals surface area contributed by atoms with Gasteiger partial charge in [-0.05, 0) is 6.92 Å². The Balaban J connectivity index is 2.34. The minimum atomic E-state index is -0.479. The first-order valence-corrected chi connectivity index (χ1v) is 5.50. The van der Waals surface area contributed by atoms with E-state index in [1.165, 1.54) is 10.8 Å². The molecule has 1 saturated heterocycles. The lowest BCUT2D eigenvalue weighted by atomic mass is 9.90. The van der Waals surface area contributed by atoms with Crippen molar-refractivity contribution in [3.8, 4) is 0 Å². The van der Waals surface area contributed by atoms with E-state index in [0.717, 1.165) is 0 Å². The molecule has 6 nitrogen and oxygen atoms in total. The number of hydrogen-bond acceptors (Lipinski definition) is 4. The molecule has 94 valence electrons. The molecule has 0 saturated carbocycles. The Bertz CT molecular complexity index is 533. The Kier molecular flexibility index (Phi) is 2.92. The number of nitrogens with zero attached hydrogens (tertiary/aromatic N) is 1. The summed E-state index contributed by atoms with van der Waals surface area (Å²) in [6.07, 6.45) is 1.62. The highest BCUT2D eigenvalue weighted by Crippen LogP contribution is 2.36. The first-order chi connectivity index (χ1) is 7.95. The van der Waals surface area contributed by atoms with Crippen molar-refractivity contribution in [2.24, 2.45) is 5.41 Å². The minimum absolute atomic E-state index is 0.0145. The van der Waals surface area contributed by atoms with Crippen LogP contribution in [0.3, 0.4) is 0 Å². The summed E-state index contributed by atoms with van der Waals surface area (Å²) in [5.74, 6) is 0. The van der Waals surface area contributed by atoms with Gasteiger partial charge in [0.25, 0.3) is 5.56 Å². The van der Waals surface area contributed by atoms with E-state index in [-0.39, 0.29) is 17.6 Å². The van der Waals surface area contributed by atoms with Crippen molar-refractivity contribution in [1.29, 1.82) is 0 Å². The molecule has 1 aliphatic rings. The van der Waals surface area contributed by atoms with Gasteiger partial charge in [-0.15, -0.1) is 0 Å².